The van der Waals surface area contributed by atoms with Gasteiger partial charge in [0.1, 0.15) is 0 Å². The predicted octanol–water partition coefficient (Wildman–Crippen LogP) is 2.28. The molecule has 2 N–H and O–H groups in total. The van der Waals surface area contributed by atoms with E-state index in [4.69, 9.17) is 5.73 Å². The lowest BCUT2D eigenvalue weighted by molar-refractivity contribution is 0.793. The molecule has 2 heterocycles. The Morgan fingerprint density at radius 2 is 2.17 bits per heavy atom. The molecule has 0 amide bonds. The van der Waals surface area contributed by atoms with Crippen LogP contribution in [0.4, 0.5) is 5.69 Å². The maximum absolute atomic E-state index is 5.92. The smallest absolute Gasteiger partial charge is 0.187 e. The standard InChI is InChI=1S/C12H11N5S/c1-8-10(3-2-4-11(8)13)12-14-15-16-17(12)9-5-6-18-7-9/h2-7H,13H2,1H3. The minimum atomic E-state index is 0.707. The summed E-state index contributed by atoms with van der Waals surface area (Å²) in [5, 5.41) is 15.9. The molecule has 0 aliphatic heterocycles. The molecule has 0 spiro atoms. The first-order chi connectivity index (χ1) is 8.77. The largest absolute Gasteiger partial charge is 0.398 e. The van der Waals surface area contributed by atoms with Crippen molar-refractivity contribution in [3.63, 3.8) is 0 Å². The van der Waals surface area contributed by atoms with Crippen LogP contribution in [0.2, 0.25) is 0 Å². The van der Waals surface area contributed by atoms with E-state index in [9.17, 15) is 0 Å². The fourth-order valence-corrected chi connectivity index (χ4v) is 2.42. The van der Waals surface area contributed by atoms with Crippen LogP contribution >= 0.6 is 11.3 Å². The van der Waals surface area contributed by atoms with Gasteiger partial charge in [-0.1, -0.05) is 12.1 Å². The van der Waals surface area contributed by atoms with Crippen molar-refractivity contribution in [3.8, 4) is 17.1 Å². The Kier molecular flexibility index (Phi) is 2.56. The van der Waals surface area contributed by atoms with Crippen LogP contribution in [-0.4, -0.2) is 20.2 Å². The third-order valence-electron chi connectivity index (χ3n) is 2.84. The number of rotatable bonds is 2. The van der Waals surface area contributed by atoms with Crippen molar-refractivity contribution in [1.29, 1.82) is 0 Å². The van der Waals surface area contributed by atoms with Crippen molar-refractivity contribution in [2.24, 2.45) is 0 Å². The molecular weight excluding hydrogens is 246 g/mol. The van der Waals surface area contributed by atoms with Gasteiger partial charge in [-0.25, -0.2) is 0 Å². The molecule has 0 saturated heterocycles. The van der Waals surface area contributed by atoms with E-state index < -0.39 is 0 Å². The number of thiophene rings is 1. The molecule has 0 saturated carbocycles. The highest BCUT2D eigenvalue weighted by molar-refractivity contribution is 7.08. The van der Waals surface area contributed by atoms with Crippen LogP contribution in [0.15, 0.2) is 35.0 Å². The minimum absolute atomic E-state index is 0.707. The molecule has 5 nitrogen and oxygen atoms in total. The van der Waals surface area contributed by atoms with Gasteiger partial charge in [-0.3, -0.25) is 0 Å². The molecule has 0 radical (unpaired) electrons. The molecular formula is C12H11N5S. The van der Waals surface area contributed by atoms with E-state index in [1.54, 1.807) is 16.0 Å². The van der Waals surface area contributed by atoms with E-state index in [-0.39, 0.29) is 0 Å². The summed E-state index contributed by atoms with van der Waals surface area (Å²) < 4.78 is 1.72. The summed E-state index contributed by atoms with van der Waals surface area (Å²) in [6.07, 6.45) is 0. The molecule has 90 valence electrons. The highest BCUT2D eigenvalue weighted by Gasteiger charge is 2.13. The summed E-state index contributed by atoms with van der Waals surface area (Å²) in [6.45, 7) is 1.97. The zero-order valence-electron chi connectivity index (χ0n) is 9.74. The maximum Gasteiger partial charge on any atom is 0.187 e. The highest BCUT2D eigenvalue weighted by Crippen LogP contribution is 2.26. The molecule has 6 heteroatoms. The number of tetrazole rings is 1. The first kappa shape index (κ1) is 10.9. The van der Waals surface area contributed by atoms with E-state index in [0.717, 1.165) is 22.5 Å². The maximum atomic E-state index is 5.92. The molecule has 0 fully saturated rings. The van der Waals surface area contributed by atoms with Gasteiger partial charge in [-0.2, -0.15) is 16.0 Å². The molecule has 0 aliphatic carbocycles. The van der Waals surface area contributed by atoms with Crippen LogP contribution in [0.3, 0.4) is 0 Å². The zero-order chi connectivity index (χ0) is 12.5. The van der Waals surface area contributed by atoms with Gasteiger partial charge in [-0.15, -0.1) is 5.10 Å². The van der Waals surface area contributed by atoms with Gasteiger partial charge in [0, 0.05) is 16.6 Å². The summed E-state index contributed by atoms with van der Waals surface area (Å²) in [4.78, 5) is 0. The van der Waals surface area contributed by atoms with E-state index in [1.165, 1.54) is 0 Å². The number of nitrogens with zero attached hydrogens (tertiary/aromatic N) is 4. The summed E-state index contributed by atoms with van der Waals surface area (Å²) in [6, 6.07) is 7.73. The second kappa shape index (κ2) is 4.23. The number of nitrogen functional groups attached to an aromatic ring is 1. The number of hydrogen-bond acceptors (Lipinski definition) is 5. The summed E-state index contributed by atoms with van der Waals surface area (Å²) in [5.41, 5.74) is 9.56. The molecule has 1 aromatic carbocycles. The van der Waals surface area contributed by atoms with Crippen molar-refractivity contribution < 1.29 is 0 Å². The van der Waals surface area contributed by atoms with Crippen LogP contribution in [0, 0.1) is 6.92 Å². The molecule has 3 aromatic rings. The fraction of sp³-hybridized carbons (Fsp3) is 0.0833. The highest BCUT2D eigenvalue weighted by atomic mass is 32.1. The van der Waals surface area contributed by atoms with E-state index in [2.05, 4.69) is 15.5 Å². The van der Waals surface area contributed by atoms with Gasteiger partial charge in [-0.05, 0) is 40.4 Å². The number of hydrogen-bond donors (Lipinski definition) is 1. The molecule has 3 rings (SSSR count). The predicted molar refractivity (Wildman–Crippen MR) is 71.6 cm³/mol. The average molecular weight is 257 g/mol. The lowest BCUT2D eigenvalue weighted by atomic mass is 10.1. The topological polar surface area (TPSA) is 69.6 Å². The molecule has 2 aromatic heterocycles. The second-order valence-corrected chi connectivity index (χ2v) is 4.70. The zero-order valence-corrected chi connectivity index (χ0v) is 10.6. The van der Waals surface area contributed by atoms with Gasteiger partial charge in [0.2, 0.25) is 0 Å². The van der Waals surface area contributed by atoms with Gasteiger partial charge in [0.25, 0.3) is 0 Å². The quantitative estimate of drug-likeness (QED) is 0.715. The number of aromatic nitrogens is 4. The molecule has 18 heavy (non-hydrogen) atoms. The lowest BCUT2D eigenvalue weighted by Crippen LogP contribution is -2.00. The number of benzene rings is 1. The Morgan fingerprint density at radius 3 is 2.94 bits per heavy atom. The first-order valence-corrected chi connectivity index (χ1v) is 6.38. The van der Waals surface area contributed by atoms with E-state index in [1.807, 2.05) is 41.9 Å². The van der Waals surface area contributed by atoms with Crippen LogP contribution in [0.5, 0.6) is 0 Å². The summed E-state index contributed by atoms with van der Waals surface area (Å²) >= 11 is 1.61. The Labute approximate surface area is 108 Å². The van der Waals surface area contributed by atoms with Crippen molar-refractivity contribution in [2.45, 2.75) is 6.92 Å². The van der Waals surface area contributed by atoms with Crippen molar-refractivity contribution in [3.05, 3.63) is 40.6 Å². The SMILES string of the molecule is Cc1c(N)cccc1-c1nnnn1-c1ccsc1. The first-order valence-electron chi connectivity index (χ1n) is 5.44. The lowest BCUT2D eigenvalue weighted by Gasteiger charge is -2.07. The van der Waals surface area contributed by atoms with Crippen molar-refractivity contribution in [2.75, 3.05) is 5.73 Å². The van der Waals surface area contributed by atoms with E-state index in [0.29, 0.717) is 5.82 Å². The van der Waals surface area contributed by atoms with Crippen LogP contribution in [-0.2, 0) is 0 Å². The monoisotopic (exact) mass is 257 g/mol. The van der Waals surface area contributed by atoms with Gasteiger partial charge in [0.05, 0.1) is 5.69 Å². The molecule has 0 unspecified atom stereocenters. The average Bonchev–Trinajstić information content (AvgIpc) is 3.01. The van der Waals surface area contributed by atoms with Crippen molar-refractivity contribution in [1.82, 2.24) is 20.2 Å². The summed E-state index contributed by atoms with van der Waals surface area (Å²) in [5.74, 6) is 0.707. The molecule has 0 atom stereocenters. The summed E-state index contributed by atoms with van der Waals surface area (Å²) in [7, 11) is 0. The number of nitrogens with two attached hydrogens (primary N) is 1. The van der Waals surface area contributed by atoms with Crippen LogP contribution in [0.1, 0.15) is 5.56 Å². The third kappa shape index (κ3) is 1.67. The minimum Gasteiger partial charge on any atom is -0.398 e. The Hall–Kier alpha value is -2.21. The van der Waals surface area contributed by atoms with Gasteiger partial charge in [0.15, 0.2) is 5.82 Å². The second-order valence-electron chi connectivity index (χ2n) is 3.92. The van der Waals surface area contributed by atoms with E-state index >= 15 is 0 Å². The Balaban J connectivity index is 2.19. The van der Waals surface area contributed by atoms with Crippen molar-refractivity contribution >= 4 is 17.0 Å². The molecule has 0 aliphatic rings. The van der Waals surface area contributed by atoms with Gasteiger partial charge >= 0.3 is 0 Å². The third-order valence-corrected chi connectivity index (χ3v) is 3.51. The van der Waals surface area contributed by atoms with Gasteiger partial charge < -0.3 is 5.73 Å². The Morgan fingerprint density at radius 1 is 1.28 bits per heavy atom. The Bertz CT molecular complexity index is 672. The fourth-order valence-electron chi connectivity index (χ4n) is 1.80. The van der Waals surface area contributed by atoms with Crippen LogP contribution in [0.25, 0.3) is 17.1 Å². The van der Waals surface area contributed by atoms with Crippen LogP contribution < -0.4 is 5.73 Å². The number of anilines is 1. The molecule has 0 bridgehead atoms. The normalized spacial score (nSPS) is 10.7.